The van der Waals surface area contributed by atoms with Crippen LogP contribution in [0.4, 0.5) is 46.5 Å². The summed E-state index contributed by atoms with van der Waals surface area (Å²) < 4.78 is 102. The van der Waals surface area contributed by atoms with Gasteiger partial charge < -0.3 is 16.2 Å². The molecule has 0 spiro atoms. The maximum absolute atomic E-state index is 13.3. The first-order valence-corrected chi connectivity index (χ1v) is 5.56. The Balaban J connectivity index is 0.00000529. The Labute approximate surface area is 135 Å². The average molecular weight is 389 g/mol. The van der Waals surface area contributed by atoms with Crippen LogP contribution in [0.1, 0.15) is 0 Å². The maximum Gasteiger partial charge on any atom is 0.393 e. The van der Waals surface area contributed by atoms with Crippen LogP contribution in [0.3, 0.4) is 0 Å². The molecular weight excluding hydrogens is 380 g/mol. The Morgan fingerprint density at radius 3 is 2.00 bits per heavy atom. The molecule has 1 aromatic rings. The zero-order valence-corrected chi connectivity index (χ0v) is 12.0. The van der Waals surface area contributed by atoms with E-state index in [1.807, 2.05) is 0 Å². The Morgan fingerprint density at radius 2 is 1.58 bits per heavy atom. The van der Waals surface area contributed by atoms with Gasteiger partial charge in [0.1, 0.15) is 5.75 Å². The molecule has 1 rings (SSSR count). The molecule has 0 saturated heterocycles. The summed E-state index contributed by atoms with van der Waals surface area (Å²) in [6, 6.07) is 2.22. The van der Waals surface area contributed by atoms with Gasteiger partial charge in [0, 0.05) is 23.5 Å². The molecule has 24 heavy (non-hydrogen) atoms. The number of halogens is 9. The van der Waals surface area contributed by atoms with Crippen LogP contribution in [-0.2, 0) is 4.79 Å². The minimum atomic E-state index is -6.67. The van der Waals surface area contributed by atoms with Crippen LogP contribution in [0.25, 0.3) is 0 Å². The number of anilines is 2. The topological polar surface area (TPSA) is 75.3 Å². The van der Waals surface area contributed by atoms with Gasteiger partial charge >= 0.3 is 30.1 Å². The fourth-order valence-electron chi connectivity index (χ4n) is 1.41. The molecular formula is C11H9ClF8N2O2. The van der Waals surface area contributed by atoms with Crippen molar-refractivity contribution in [3.63, 3.8) is 0 Å². The number of carbonyl (C=O) groups is 1. The molecule has 0 atom stereocenters. The van der Waals surface area contributed by atoms with Crippen molar-refractivity contribution < 1.29 is 45.0 Å². The van der Waals surface area contributed by atoms with Crippen LogP contribution in [-0.4, -0.2) is 35.2 Å². The van der Waals surface area contributed by atoms with Crippen LogP contribution in [0.5, 0.6) is 5.75 Å². The summed E-state index contributed by atoms with van der Waals surface area (Å²) in [5.74, 6) is -22.9. The molecule has 4 nitrogen and oxygen atoms in total. The Hall–Kier alpha value is -1.98. The van der Waals surface area contributed by atoms with Crippen LogP contribution in [0, 0.1) is 0 Å². The van der Waals surface area contributed by atoms with E-state index in [9.17, 15) is 39.9 Å². The number of carbonyl (C=O) groups excluding carboxylic acids is 1. The molecule has 13 heteroatoms. The Kier molecular flexibility index (Phi) is 6.30. The van der Waals surface area contributed by atoms with Gasteiger partial charge in [-0.15, -0.1) is 12.4 Å². The van der Waals surface area contributed by atoms with Crippen molar-refractivity contribution in [3.8, 4) is 5.75 Å². The number of alkyl halides is 8. The molecule has 0 fully saturated rings. The van der Waals surface area contributed by atoms with Crippen molar-refractivity contribution in [2.45, 2.75) is 24.2 Å². The third-order valence-electron chi connectivity index (χ3n) is 2.57. The number of aromatic hydroxyl groups is 1. The van der Waals surface area contributed by atoms with E-state index in [1.165, 1.54) is 0 Å². The third-order valence-corrected chi connectivity index (χ3v) is 2.57. The number of benzene rings is 1. The molecule has 1 aromatic carbocycles. The van der Waals surface area contributed by atoms with Gasteiger partial charge in [-0.1, -0.05) is 0 Å². The summed E-state index contributed by atoms with van der Waals surface area (Å²) >= 11 is 0. The van der Waals surface area contributed by atoms with Crippen molar-refractivity contribution in [2.24, 2.45) is 0 Å². The predicted octanol–water partition coefficient (Wildman–Crippen LogP) is 3.51. The number of phenolic OH excluding ortho intramolecular Hbond substituents is 1. The summed E-state index contributed by atoms with van der Waals surface area (Å²) in [5.41, 5.74) is 4.16. The summed E-state index contributed by atoms with van der Waals surface area (Å²) in [7, 11) is 0. The fraction of sp³-hybridized carbons (Fsp3) is 0.364. The third kappa shape index (κ3) is 3.74. The van der Waals surface area contributed by atoms with Crippen molar-refractivity contribution in [2.75, 3.05) is 11.1 Å². The minimum Gasteiger partial charge on any atom is -0.508 e. The minimum absolute atomic E-state index is 0. The second-order valence-electron chi connectivity index (χ2n) is 4.34. The molecule has 0 aliphatic carbocycles. The maximum atomic E-state index is 13.3. The highest BCUT2D eigenvalue weighted by atomic mass is 35.5. The van der Waals surface area contributed by atoms with E-state index in [4.69, 9.17) is 10.8 Å². The summed E-state index contributed by atoms with van der Waals surface area (Å²) in [6.07, 6.45) is -5.13. The van der Waals surface area contributed by atoms with Gasteiger partial charge in [0.05, 0.1) is 0 Å². The molecule has 4 N–H and O–H groups in total. The van der Waals surface area contributed by atoms with Gasteiger partial charge in [-0.3, -0.25) is 4.79 Å². The highest BCUT2D eigenvalue weighted by Crippen LogP contribution is 2.48. The Bertz CT molecular complexity index is 591. The Morgan fingerprint density at radius 1 is 1.08 bits per heavy atom. The highest BCUT2D eigenvalue weighted by Gasteiger charge is 2.78. The molecule has 1 amide bonds. The lowest BCUT2D eigenvalue weighted by molar-refractivity contribution is -0.326. The van der Waals surface area contributed by atoms with E-state index < -0.39 is 41.5 Å². The van der Waals surface area contributed by atoms with E-state index >= 15 is 0 Å². The number of hydrogen-bond acceptors (Lipinski definition) is 3. The summed E-state index contributed by atoms with van der Waals surface area (Å²) in [6.45, 7) is 0. The molecule has 0 aromatic heterocycles. The van der Waals surface area contributed by atoms with Crippen LogP contribution < -0.4 is 11.1 Å². The van der Waals surface area contributed by atoms with E-state index in [1.54, 1.807) is 0 Å². The lowest BCUT2D eigenvalue weighted by atomic mass is 10.0. The number of nitrogen functional groups attached to an aromatic ring is 1. The van der Waals surface area contributed by atoms with Crippen LogP contribution >= 0.6 is 12.4 Å². The van der Waals surface area contributed by atoms with E-state index in [-0.39, 0.29) is 18.1 Å². The number of phenols is 1. The number of hydrogen-bond donors (Lipinski definition) is 3. The van der Waals surface area contributed by atoms with Gasteiger partial charge in [0.25, 0.3) is 0 Å². The fourth-order valence-corrected chi connectivity index (χ4v) is 1.41. The zero-order chi connectivity index (χ0) is 18.2. The summed E-state index contributed by atoms with van der Waals surface area (Å²) in [5, 5.41) is 10.2. The summed E-state index contributed by atoms with van der Waals surface area (Å²) in [4.78, 5) is 11.1. The van der Waals surface area contributed by atoms with Crippen LogP contribution in [0.2, 0.25) is 0 Å². The average Bonchev–Trinajstić information content (AvgIpc) is 2.36. The van der Waals surface area contributed by atoms with E-state index in [0.717, 1.165) is 17.4 Å². The van der Waals surface area contributed by atoms with E-state index in [0.29, 0.717) is 6.07 Å². The number of amides is 1. The lowest BCUT2D eigenvalue weighted by Gasteiger charge is -2.31. The van der Waals surface area contributed by atoms with Gasteiger partial charge in [0.15, 0.2) is 0 Å². The molecule has 0 heterocycles. The van der Waals surface area contributed by atoms with E-state index in [2.05, 4.69) is 0 Å². The van der Waals surface area contributed by atoms with Crippen LogP contribution in [0.15, 0.2) is 18.2 Å². The van der Waals surface area contributed by atoms with Crippen molar-refractivity contribution in [1.29, 1.82) is 0 Å². The molecule has 0 bridgehead atoms. The molecule has 0 aliphatic heterocycles. The van der Waals surface area contributed by atoms with Gasteiger partial charge in [0.2, 0.25) is 0 Å². The first-order valence-electron chi connectivity index (χ1n) is 5.56. The molecule has 0 saturated carbocycles. The van der Waals surface area contributed by atoms with Crippen molar-refractivity contribution in [1.82, 2.24) is 0 Å². The first kappa shape index (κ1) is 22.0. The predicted molar refractivity (Wildman–Crippen MR) is 69.2 cm³/mol. The van der Waals surface area contributed by atoms with Gasteiger partial charge in [-0.05, 0) is 6.07 Å². The number of nitrogens with two attached hydrogens (primary N) is 1. The van der Waals surface area contributed by atoms with Crippen molar-refractivity contribution >= 4 is 29.7 Å². The first-order chi connectivity index (χ1) is 10.2. The van der Waals surface area contributed by atoms with Gasteiger partial charge in [-0.2, -0.15) is 26.3 Å². The largest absolute Gasteiger partial charge is 0.508 e. The van der Waals surface area contributed by atoms with Gasteiger partial charge in [-0.25, -0.2) is 8.78 Å². The second kappa shape index (κ2) is 6.87. The zero-order valence-electron chi connectivity index (χ0n) is 11.2. The molecule has 0 radical (unpaired) electrons. The van der Waals surface area contributed by atoms with Crippen molar-refractivity contribution in [3.05, 3.63) is 18.2 Å². The second-order valence-corrected chi connectivity index (χ2v) is 4.34. The normalized spacial score (nSPS) is 12.7. The highest BCUT2D eigenvalue weighted by molar-refractivity contribution is 5.97. The smallest absolute Gasteiger partial charge is 0.393 e. The monoisotopic (exact) mass is 388 g/mol. The molecule has 0 unspecified atom stereocenters. The molecule has 138 valence electrons. The lowest BCUT2D eigenvalue weighted by Crippen LogP contribution is -2.61. The standard InChI is InChI=1S/C11H8F8N2O2.ClH/c12-7(13)9(14,15)11(18,19)10(16,17)8(23)21-5-1-4(20)2-6(22)3-5;/h1-3,7,22H,20H2,(H,21,23);1H. The molecule has 0 aliphatic rings. The quantitative estimate of drug-likeness (QED) is 0.534. The number of nitrogens with one attached hydrogen (secondary N) is 1. The number of rotatable bonds is 5. The SMILES string of the molecule is Cl.Nc1cc(O)cc(NC(=O)C(F)(F)C(F)(F)C(F)(F)C(F)F)c1.